The van der Waals surface area contributed by atoms with Gasteiger partial charge in [0.05, 0.1) is 13.0 Å². The van der Waals surface area contributed by atoms with E-state index in [9.17, 15) is 9.18 Å². The molecule has 18 heavy (non-hydrogen) atoms. The molecule has 0 saturated carbocycles. The van der Waals surface area contributed by atoms with Gasteiger partial charge >= 0.3 is 0 Å². The molecule has 3 nitrogen and oxygen atoms in total. The third-order valence-corrected chi connectivity index (χ3v) is 3.25. The molecular formula is C14H18FNO2. The normalized spacial score (nSPS) is 18.9. The van der Waals surface area contributed by atoms with Crippen molar-refractivity contribution in [2.45, 2.75) is 12.8 Å². The quantitative estimate of drug-likeness (QED) is 0.817. The Balaban J connectivity index is 1.84. The molecule has 0 N–H and O–H groups in total. The molecule has 1 aromatic carbocycles. The van der Waals surface area contributed by atoms with Gasteiger partial charge in [-0.3, -0.25) is 4.79 Å². The van der Waals surface area contributed by atoms with Crippen molar-refractivity contribution in [2.75, 3.05) is 26.8 Å². The van der Waals surface area contributed by atoms with Crippen molar-refractivity contribution in [1.29, 1.82) is 0 Å². The lowest BCUT2D eigenvalue weighted by molar-refractivity contribution is -0.129. The molecule has 1 saturated heterocycles. The highest BCUT2D eigenvalue weighted by Crippen LogP contribution is 2.14. The maximum absolute atomic E-state index is 12.7. The standard InChI is InChI=1S/C14H18FNO2/c1-16(9-12-6-7-18-10-12)14(17)8-11-2-4-13(15)5-3-11/h2-5,12H,6-10H2,1H3/t12-/m1/s1. The summed E-state index contributed by atoms with van der Waals surface area (Å²) in [5, 5.41) is 0. The average Bonchev–Trinajstić information content (AvgIpc) is 2.85. The number of ether oxygens (including phenoxy) is 1. The van der Waals surface area contributed by atoms with Crippen molar-refractivity contribution < 1.29 is 13.9 Å². The monoisotopic (exact) mass is 251 g/mol. The molecule has 1 amide bonds. The fraction of sp³-hybridized carbons (Fsp3) is 0.500. The van der Waals surface area contributed by atoms with E-state index < -0.39 is 0 Å². The van der Waals surface area contributed by atoms with Crippen LogP contribution in [0.4, 0.5) is 4.39 Å². The number of amides is 1. The SMILES string of the molecule is CN(C[C@H]1CCOC1)C(=O)Cc1ccc(F)cc1. The number of carbonyl (C=O) groups is 1. The van der Waals surface area contributed by atoms with Crippen LogP contribution in [0, 0.1) is 11.7 Å². The van der Waals surface area contributed by atoms with E-state index in [2.05, 4.69) is 0 Å². The third kappa shape index (κ3) is 3.53. The molecule has 2 rings (SSSR count). The average molecular weight is 251 g/mol. The molecule has 98 valence electrons. The Labute approximate surface area is 107 Å². The van der Waals surface area contributed by atoms with Crippen molar-refractivity contribution >= 4 is 5.91 Å². The van der Waals surface area contributed by atoms with Crippen LogP contribution in [0.5, 0.6) is 0 Å². The lowest BCUT2D eigenvalue weighted by Crippen LogP contribution is -2.33. The fourth-order valence-corrected chi connectivity index (χ4v) is 2.13. The highest BCUT2D eigenvalue weighted by molar-refractivity contribution is 5.78. The minimum Gasteiger partial charge on any atom is -0.381 e. The minimum atomic E-state index is -0.275. The summed E-state index contributed by atoms with van der Waals surface area (Å²) in [6.45, 7) is 2.28. The van der Waals surface area contributed by atoms with Gasteiger partial charge in [0.2, 0.25) is 5.91 Å². The lowest BCUT2D eigenvalue weighted by atomic mass is 10.1. The van der Waals surface area contributed by atoms with Crippen LogP contribution in [0.2, 0.25) is 0 Å². The molecule has 0 radical (unpaired) electrons. The van der Waals surface area contributed by atoms with Crippen LogP contribution in [0.3, 0.4) is 0 Å². The molecule has 1 aliphatic heterocycles. The van der Waals surface area contributed by atoms with Gasteiger partial charge in [0.15, 0.2) is 0 Å². The zero-order valence-electron chi connectivity index (χ0n) is 10.6. The van der Waals surface area contributed by atoms with E-state index in [1.54, 1.807) is 17.0 Å². The zero-order chi connectivity index (χ0) is 13.0. The molecule has 0 aromatic heterocycles. The topological polar surface area (TPSA) is 29.5 Å². The van der Waals surface area contributed by atoms with E-state index in [1.165, 1.54) is 12.1 Å². The van der Waals surface area contributed by atoms with Gasteiger partial charge in [-0.15, -0.1) is 0 Å². The number of hydrogen-bond acceptors (Lipinski definition) is 2. The largest absolute Gasteiger partial charge is 0.381 e. The Kier molecular flexibility index (Phi) is 4.31. The first-order valence-electron chi connectivity index (χ1n) is 6.21. The fourth-order valence-electron chi connectivity index (χ4n) is 2.13. The molecule has 0 spiro atoms. The summed E-state index contributed by atoms with van der Waals surface area (Å²) in [6.07, 6.45) is 1.35. The van der Waals surface area contributed by atoms with Crippen molar-refractivity contribution in [3.8, 4) is 0 Å². The van der Waals surface area contributed by atoms with Gasteiger partial charge < -0.3 is 9.64 Å². The van der Waals surface area contributed by atoms with E-state index in [4.69, 9.17) is 4.74 Å². The van der Waals surface area contributed by atoms with Crippen LogP contribution >= 0.6 is 0 Å². The van der Waals surface area contributed by atoms with Gasteiger partial charge in [0.25, 0.3) is 0 Å². The zero-order valence-corrected chi connectivity index (χ0v) is 10.6. The summed E-state index contributed by atoms with van der Waals surface area (Å²) in [6, 6.07) is 6.07. The van der Waals surface area contributed by atoms with Crippen LogP contribution in [-0.4, -0.2) is 37.6 Å². The summed E-state index contributed by atoms with van der Waals surface area (Å²) in [4.78, 5) is 13.7. The molecular weight excluding hydrogens is 233 g/mol. The van der Waals surface area contributed by atoms with Crippen molar-refractivity contribution in [2.24, 2.45) is 5.92 Å². The first-order valence-corrected chi connectivity index (χ1v) is 6.21. The van der Waals surface area contributed by atoms with Gasteiger partial charge in [-0.1, -0.05) is 12.1 Å². The maximum atomic E-state index is 12.7. The maximum Gasteiger partial charge on any atom is 0.226 e. The Morgan fingerprint density at radius 2 is 2.17 bits per heavy atom. The molecule has 0 unspecified atom stereocenters. The first-order chi connectivity index (χ1) is 8.65. The van der Waals surface area contributed by atoms with E-state index in [1.807, 2.05) is 7.05 Å². The molecule has 1 aliphatic rings. The number of benzene rings is 1. The number of likely N-dealkylation sites (N-methyl/N-ethyl adjacent to an activating group) is 1. The van der Waals surface area contributed by atoms with Gasteiger partial charge in [-0.25, -0.2) is 4.39 Å². The summed E-state index contributed by atoms with van der Waals surface area (Å²) in [7, 11) is 1.81. The molecule has 1 heterocycles. The van der Waals surface area contributed by atoms with Crippen LogP contribution in [0.15, 0.2) is 24.3 Å². The van der Waals surface area contributed by atoms with E-state index >= 15 is 0 Å². The van der Waals surface area contributed by atoms with Gasteiger partial charge in [0, 0.05) is 26.1 Å². The molecule has 0 bridgehead atoms. The highest BCUT2D eigenvalue weighted by atomic mass is 19.1. The third-order valence-electron chi connectivity index (χ3n) is 3.25. The predicted molar refractivity (Wildman–Crippen MR) is 66.7 cm³/mol. The second-order valence-electron chi connectivity index (χ2n) is 4.81. The number of hydrogen-bond donors (Lipinski definition) is 0. The van der Waals surface area contributed by atoms with Gasteiger partial charge in [0.1, 0.15) is 5.82 Å². The molecule has 4 heteroatoms. The molecule has 1 aromatic rings. The lowest BCUT2D eigenvalue weighted by Gasteiger charge is -2.20. The van der Waals surface area contributed by atoms with Crippen LogP contribution in [0.25, 0.3) is 0 Å². The smallest absolute Gasteiger partial charge is 0.226 e. The molecule has 1 fully saturated rings. The van der Waals surface area contributed by atoms with Crippen molar-refractivity contribution in [3.05, 3.63) is 35.6 Å². The Morgan fingerprint density at radius 3 is 2.78 bits per heavy atom. The van der Waals surface area contributed by atoms with E-state index in [0.717, 1.165) is 31.7 Å². The van der Waals surface area contributed by atoms with Crippen molar-refractivity contribution in [3.63, 3.8) is 0 Å². The summed E-state index contributed by atoms with van der Waals surface area (Å²) >= 11 is 0. The van der Waals surface area contributed by atoms with Crippen molar-refractivity contribution in [1.82, 2.24) is 4.90 Å². The van der Waals surface area contributed by atoms with E-state index in [0.29, 0.717) is 12.3 Å². The summed E-state index contributed by atoms with van der Waals surface area (Å²) in [5.41, 5.74) is 0.843. The number of nitrogens with zero attached hydrogens (tertiary/aromatic N) is 1. The van der Waals surface area contributed by atoms with Crippen LogP contribution in [-0.2, 0) is 16.0 Å². The first kappa shape index (κ1) is 13.0. The number of carbonyl (C=O) groups excluding carboxylic acids is 1. The second-order valence-corrected chi connectivity index (χ2v) is 4.81. The Morgan fingerprint density at radius 1 is 1.44 bits per heavy atom. The molecule has 0 aliphatic carbocycles. The number of rotatable bonds is 4. The summed E-state index contributed by atoms with van der Waals surface area (Å²) < 4.78 is 18.0. The predicted octanol–water partition coefficient (Wildman–Crippen LogP) is 1.86. The second kappa shape index (κ2) is 5.96. The Hall–Kier alpha value is -1.42. The number of halogens is 1. The Bertz CT molecular complexity index is 399. The molecule has 1 atom stereocenters. The minimum absolute atomic E-state index is 0.0634. The summed E-state index contributed by atoms with van der Waals surface area (Å²) in [5.74, 6) is 0.239. The highest BCUT2D eigenvalue weighted by Gasteiger charge is 2.20. The van der Waals surface area contributed by atoms with Gasteiger partial charge in [-0.05, 0) is 24.1 Å². The van der Waals surface area contributed by atoms with Crippen LogP contribution < -0.4 is 0 Å². The van der Waals surface area contributed by atoms with Crippen LogP contribution in [0.1, 0.15) is 12.0 Å². The van der Waals surface area contributed by atoms with E-state index in [-0.39, 0.29) is 11.7 Å². The van der Waals surface area contributed by atoms with Gasteiger partial charge in [-0.2, -0.15) is 0 Å².